The first-order chi connectivity index (χ1) is 4.70. The lowest BCUT2D eigenvalue weighted by Gasteiger charge is -2.13. The molecule has 0 aromatic heterocycles. The minimum Gasteiger partial charge on any atom is -0.478 e. The molecule has 0 saturated carbocycles. The van der Waals surface area contributed by atoms with Crippen LogP contribution in [-0.4, -0.2) is 22.3 Å². The van der Waals surface area contributed by atoms with E-state index in [9.17, 15) is 4.79 Å². The maximum Gasteiger partial charge on any atom is 0.331 e. The molecule has 0 aromatic carbocycles. The summed E-state index contributed by atoms with van der Waals surface area (Å²) in [7, 11) is 0. The highest BCUT2D eigenvalue weighted by atomic mass is 16.4. The van der Waals surface area contributed by atoms with E-state index in [1.54, 1.807) is 0 Å². The lowest BCUT2D eigenvalue weighted by atomic mass is 9.98. The van der Waals surface area contributed by atoms with Crippen molar-refractivity contribution in [3.8, 4) is 0 Å². The number of rotatable bonds is 1. The van der Waals surface area contributed by atoms with Crippen molar-refractivity contribution in [3.63, 3.8) is 0 Å². The van der Waals surface area contributed by atoms with Gasteiger partial charge in [-0.2, -0.15) is 0 Å². The molecule has 56 valence electrons. The summed E-state index contributed by atoms with van der Waals surface area (Å²) in [6, 6.07) is 0. The third-order valence-electron chi connectivity index (χ3n) is 1.61. The van der Waals surface area contributed by atoms with E-state index in [4.69, 9.17) is 10.2 Å². The molecule has 0 unspecified atom stereocenters. The van der Waals surface area contributed by atoms with E-state index in [1.807, 2.05) is 0 Å². The molecule has 3 nitrogen and oxygen atoms in total. The number of aliphatic hydroxyl groups is 1. The van der Waals surface area contributed by atoms with Crippen LogP contribution in [0.25, 0.3) is 0 Å². The number of aliphatic hydroxyl groups excluding tert-OH is 1. The number of carboxylic acids is 1. The average molecular weight is 142 g/mol. The van der Waals surface area contributed by atoms with E-state index in [1.165, 1.54) is 6.08 Å². The molecule has 10 heavy (non-hydrogen) atoms. The van der Waals surface area contributed by atoms with Gasteiger partial charge in [-0.1, -0.05) is 0 Å². The summed E-state index contributed by atoms with van der Waals surface area (Å²) >= 11 is 0. The van der Waals surface area contributed by atoms with Crippen molar-refractivity contribution in [2.24, 2.45) is 0 Å². The Morgan fingerprint density at radius 1 is 1.70 bits per heavy atom. The molecule has 0 saturated heterocycles. The Balaban J connectivity index is 2.66. The largest absolute Gasteiger partial charge is 0.478 e. The smallest absolute Gasteiger partial charge is 0.331 e. The van der Waals surface area contributed by atoms with Gasteiger partial charge in [-0.3, -0.25) is 0 Å². The molecular formula is C7H10O3. The van der Waals surface area contributed by atoms with Gasteiger partial charge < -0.3 is 10.2 Å². The molecular weight excluding hydrogens is 132 g/mol. The first kappa shape index (κ1) is 7.28. The maximum atomic E-state index is 10.3. The second-order valence-electron chi connectivity index (χ2n) is 2.46. The molecule has 0 bridgehead atoms. The number of carbonyl (C=O) groups is 1. The van der Waals surface area contributed by atoms with Gasteiger partial charge in [0.25, 0.3) is 0 Å². The van der Waals surface area contributed by atoms with E-state index >= 15 is 0 Å². The van der Waals surface area contributed by atoms with Crippen molar-refractivity contribution in [1.82, 2.24) is 0 Å². The second-order valence-corrected chi connectivity index (χ2v) is 2.46. The van der Waals surface area contributed by atoms with Crippen molar-refractivity contribution in [2.75, 3.05) is 0 Å². The van der Waals surface area contributed by atoms with E-state index in [0.29, 0.717) is 18.4 Å². The van der Waals surface area contributed by atoms with Gasteiger partial charge in [-0.15, -0.1) is 0 Å². The van der Waals surface area contributed by atoms with Crippen LogP contribution in [0.2, 0.25) is 0 Å². The Morgan fingerprint density at radius 2 is 2.40 bits per heavy atom. The van der Waals surface area contributed by atoms with Crippen LogP contribution >= 0.6 is 0 Å². The molecule has 0 radical (unpaired) electrons. The van der Waals surface area contributed by atoms with Gasteiger partial charge >= 0.3 is 5.97 Å². The van der Waals surface area contributed by atoms with Crippen LogP contribution in [0.4, 0.5) is 0 Å². The molecule has 0 aliphatic heterocycles. The zero-order chi connectivity index (χ0) is 7.56. The van der Waals surface area contributed by atoms with Crippen LogP contribution in [-0.2, 0) is 4.79 Å². The van der Waals surface area contributed by atoms with Gasteiger partial charge in [-0.25, -0.2) is 4.79 Å². The zero-order valence-electron chi connectivity index (χ0n) is 5.58. The fourth-order valence-corrected chi connectivity index (χ4v) is 1.08. The highest BCUT2D eigenvalue weighted by Gasteiger charge is 2.14. The lowest BCUT2D eigenvalue weighted by molar-refractivity contribution is -0.133. The van der Waals surface area contributed by atoms with E-state index in [-0.39, 0.29) is 0 Å². The summed E-state index contributed by atoms with van der Waals surface area (Å²) in [6.07, 6.45) is 2.94. The topological polar surface area (TPSA) is 57.5 Å². The highest BCUT2D eigenvalue weighted by Crippen LogP contribution is 2.17. The monoisotopic (exact) mass is 142 g/mol. The Bertz CT molecular complexity index is 172. The van der Waals surface area contributed by atoms with Crippen molar-refractivity contribution < 1.29 is 15.0 Å². The van der Waals surface area contributed by atoms with E-state index in [2.05, 4.69) is 0 Å². The van der Waals surface area contributed by atoms with Gasteiger partial charge in [-0.05, 0) is 25.3 Å². The normalized spacial score (nSPS) is 25.7. The summed E-state index contributed by atoms with van der Waals surface area (Å²) in [5, 5.41) is 17.5. The molecule has 1 aliphatic rings. The molecule has 0 amide bonds. The third kappa shape index (κ3) is 1.57. The lowest BCUT2D eigenvalue weighted by Crippen LogP contribution is -2.13. The number of aliphatic carboxylic acids is 1. The van der Waals surface area contributed by atoms with Crippen molar-refractivity contribution in [3.05, 3.63) is 11.6 Å². The Labute approximate surface area is 59.0 Å². The molecule has 1 aliphatic carbocycles. The first-order valence-electron chi connectivity index (χ1n) is 3.32. The van der Waals surface area contributed by atoms with Crippen molar-refractivity contribution in [2.45, 2.75) is 25.4 Å². The Hall–Kier alpha value is -0.830. The summed E-state index contributed by atoms with van der Waals surface area (Å²) in [5.74, 6) is -0.904. The second kappa shape index (κ2) is 2.84. The zero-order valence-corrected chi connectivity index (χ0v) is 5.58. The Kier molecular flexibility index (Phi) is 2.06. The van der Waals surface area contributed by atoms with Crippen LogP contribution in [0, 0.1) is 0 Å². The fraction of sp³-hybridized carbons (Fsp3) is 0.571. The average Bonchev–Trinajstić information content (AvgIpc) is 1.88. The quantitative estimate of drug-likeness (QED) is 0.561. The highest BCUT2D eigenvalue weighted by molar-refractivity contribution is 5.86. The SMILES string of the molecule is O=C(O)C1=C[C@H](O)CCC1. The van der Waals surface area contributed by atoms with Crippen LogP contribution in [0.3, 0.4) is 0 Å². The third-order valence-corrected chi connectivity index (χ3v) is 1.61. The summed E-state index contributed by atoms with van der Waals surface area (Å²) in [4.78, 5) is 10.3. The number of carboxylic acid groups (broad SMARTS) is 1. The summed E-state index contributed by atoms with van der Waals surface area (Å²) < 4.78 is 0. The summed E-state index contributed by atoms with van der Waals surface area (Å²) in [6.45, 7) is 0. The van der Waals surface area contributed by atoms with E-state index < -0.39 is 12.1 Å². The molecule has 0 fully saturated rings. The van der Waals surface area contributed by atoms with Crippen molar-refractivity contribution >= 4 is 5.97 Å². The molecule has 1 atom stereocenters. The molecule has 3 heteroatoms. The van der Waals surface area contributed by atoms with Gasteiger partial charge in [0.1, 0.15) is 0 Å². The van der Waals surface area contributed by atoms with Gasteiger partial charge in [0, 0.05) is 5.57 Å². The van der Waals surface area contributed by atoms with E-state index in [0.717, 1.165) is 6.42 Å². The van der Waals surface area contributed by atoms with Crippen LogP contribution in [0.15, 0.2) is 11.6 Å². The fourth-order valence-electron chi connectivity index (χ4n) is 1.08. The Morgan fingerprint density at radius 3 is 2.80 bits per heavy atom. The van der Waals surface area contributed by atoms with Gasteiger partial charge in [0.2, 0.25) is 0 Å². The standard InChI is InChI=1S/C7H10O3/c8-6-3-1-2-5(4-6)7(9)10/h4,6,8H,1-3H2,(H,9,10)/t6-/m1/s1. The summed E-state index contributed by atoms with van der Waals surface area (Å²) in [5.41, 5.74) is 0.346. The number of hydrogen-bond acceptors (Lipinski definition) is 2. The minimum atomic E-state index is -0.904. The van der Waals surface area contributed by atoms with Gasteiger partial charge in [0.05, 0.1) is 6.10 Å². The van der Waals surface area contributed by atoms with Crippen molar-refractivity contribution in [1.29, 1.82) is 0 Å². The first-order valence-corrected chi connectivity index (χ1v) is 3.32. The predicted molar refractivity (Wildman–Crippen MR) is 35.6 cm³/mol. The molecule has 0 aromatic rings. The van der Waals surface area contributed by atoms with Crippen LogP contribution < -0.4 is 0 Å². The van der Waals surface area contributed by atoms with Crippen LogP contribution in [0.5, 0.6) is 0 Å². The minimum absolute atomic E-state index is 0.346. The molecule has 0 spiro atoms. The predicted octanol–water partition coefficient (Wildman–Crippen LogP) is 0.542. The van der Waals surface area contributed by atoms with Crippen LogP contribution in [0.1, 0.15) is 19.3 Å². The molecule has 1 rings (SSSR count). The molecule has 0 heterocycles. The van der Waals surface area contributed by atoms with Gasteiger partial charge in [0.15, 0.2) is 0 Å². The molecule has 2 N–H and O–H groups in total. The maximum absolute atomic E-state index is 10.3. The number of hydrogen-bond donors (Lipinski definition) is 2.